The number of esters is 2. The van der Waals surface area contributed by atoms with Crippen molar-refractivity contribution in [1.29, 1.82) is 0 Å². The van der Waals surface area contributed by atoms with Crippen LogP contribution in [-0.2, 0) is 29.2 Å². The zero-order valence-corrected chi connectivity index (χ0v) is 28.7. The number of allylic oxidation sites excluding steroid dienone is 4. The number of rotatable bonds is 12. The zero-order chi connectivity index (χ0) is 34.9. The first-order valence-electron chi connectivity index (χ1n) is 15.3. The number of aromatic hydroxyl groups is 1. The third kappa shape index (κ3) is 7.03. The maximum Gasteiger partial charge on any atom is 0.339 e. The Bertz CT molecular complexity index is 1960. The van der Waals surface area contributed by atoms with Gasteiger partial charge < -0.3 is 29.2 Å². The molecule has 0 heterocycles. The molecule has 4 aliphatic carbocycles. The molecule has 1 fully saturated rings. The summed E-state index contributed by atoms with van der Waals surface area (Å²) in [4.78, 5) is 38.7. The zero-order valence-electron chi connectivity index (χ0n) is 25.7. The second-order valence-electron chi connectivity index (χ2n) is 11.7. The predicted octanol–water partition coefficient (Wildman–Crippen LogP) is 4.97. The van der Waals surface area contributed by atoms with Crippen LogP contribution < -0.4 is 9.47 Å². The van der Waals surface area contributed by atoms with Gasteiger partial charge in [0.15, 0.2) is 0 Å². The lowest BCUT2D eigenvalue weighted by Crippen LogP contribution is -2.54. The van der Waals surface area contributed by atoms with Gasteiger partial charge in [0.2, 0.25) is 0 Å². The second kappa shape index (κ2) is 14.2. The van der Waals surface area contributed by atoms with Gasteiger partial charge in [-0.2, -0.15) is 8.42 Å². The summed E-state index contributed by atoms with van der Waals surface area (Å²) < 4.78 is 55.2. The van der Waals surface area contributed by atoms with E-state index in [1.165, 1.54) is 30.3 Å². The quantitative estimate of drug-likeness (QED) is 0.0970. The van der Waals surface area contributed by atoms with Crippen molar-refractivity contribution >= 4 is 50.6 Å². The number of carbonyl (C=O) groups excluding carboxylic acids is 2. The number of ether oxygens (including phenoxy) is 4. The van der Waals surface area contributed by atoms with Gasteiger partial charge in [0, 0.05) is 21.5 Å². The second-order valence-corrected chi connectivity index (χ2v) is 14.3. The number of halogens is 1. The Labute approximate surface area is 295 Å². The average Bonchev–Trinajstić information content (AvgIpc) is 3.07. The summed E-state index contributed by atoms with van der Waals surface area (Å²) in [7, 11) is -4.38. The van der Waals surface area contributed by atoms with Crippen molar-refractivity contribution in [2.24, 2.45) is 23.7 Å². The Hall–Kier alpha value is -4.41. The summed E-state index contributed by atoms with van der Waals surface area (Å²) in [5.74, 6) is -4.92. The highest BCUT2D eigenvalue weighted by Crippen LogP contribution is 2.62. The fourth-order valence-corrected chi connectivity index (χ4v) is 9.02. The number of aromatic carboxylic acids is 1. The van der Waals surface area contributed by atoms with Gasteiger partial charge in [-0.3, -0.25) is 14.1 Å². The molecule has 2 bridgehead atoms. The molecule has 6 atom stereocenters. The standard InChI is InChI=1S/C35H31IO12S/c36-26-17-19(10-12-28(26)49(42,43)44)45-13-15-47-34(40)31-29-21-5-1-3-7-23(21)30(24-8-4-2-6-22(24)29)32(31)35(41)48-16-14-46-20-9-11-25(33(38)39)27(37)18-20/h1-12,17-18,21,23,29-32,37H,13-16H2,(H,38,39)(H,42,43,44). The Morgan fingerprint density at radius 2 is 1.24 bits per heavy atom. The van der Waals surface area contributed by atoms with Crippen molar-refractivity contribution in [2.45, 2.75) is 16.7 Å². The Kier molecular flexibility index (Phi) is 9.99. The highest BCUT2D eigenvalue weighted by molar-refractivity contribution is 14.1. The lowest BCUT2D eigenvalue weighted by Gasteiger charge is -2.54. The lowest BCUT2D eigenvalue weighted by atomic mass is 9.48. The van der Waals surface area contributed by atoms with Crippen LogP contribution in [0, 0.1) is 27.2 Å². The van der Waals surface area contributed by atoms with Gasteiger partial charge >= 0.3 is 17.9 Å². The SMILES string of the molecule is O=C(O)c1ccc(OCCOC(=O)C2C(C(=O)OCCOc3ccc(S(=O)(=O)O)c(I)c3)C3c4ccccc4C2C2C=CC=CC23)cc1O. The van der Waals surface area contributed by atoms with Gasteiger partial charge in [0.05, 0.1) is 11.8 Å². The van der Waals surface area contributed by atoms with Crippen molar-refractivity contribution in [3.63, 3.8) is 0 Å². The van der Waals surface area contributed by atoms with Crippen LogP contribution in [0.3, 0.4) is 0 Å². The fourth-order valence-electron chi connectivity index (χ4n) is 7.15. The summed E-state index contributed by atoms with van der Waals surface area (Å²) in [6, 6.07) is 15.6. The monoisotopic (exact) mass is 802 g/mol. The van der Waals surface area contributed by atoms with Crippen LogP contribution in [0.2, 0.25) is 0 Å². The van der Waals surface area contributed by atoms with E-state index in [4.69, 9.17) is 24.1 Å². The van der Waals surface area contributed by atoms with Crippen molar-refractivity contribution in [3.05, 3.63) is 105 Å². The third-order valence-corrected chi connectivity index (χ3v) is 11.2. The summed E-state index contributed by atoms with van der Waals surface area (Å²) in [6.07, 6.45) is 8.03. The minimum atomic E-state index is -4.38. The molecule has 7 rings (SSSR count). The minimum Gasteiger partial charge on any atom is -0.507 e. The maximum atomic E-state index is 13.9. The molecule has 3 aromatic rings. The molecule has 0 amide bonds. The highest BCUT2D eigenvalue weighted by atomic mass is 127. The number of fused-ring (bicyclic) bond motifs is 1. The van der Waals surface area contributed by atoms with Crippen LogP contribution in [0.25, 0.3) is 0 Å². The van der Waals surface area contributed by atoms with Gasteiger partial charge in [-0.25, -0.2) is 4.79 Å². The molecular weight excluding hydrogens is 771 g/mol. The summed E-state index contributed by atoms with van der Waals surface area (Å²) in [6.45, 7) is -0.433. The van der Waals surface area contributed by atoms with E-state index in [1.54, 1.807) is 22.6 Å². The maximum absolute atomic E-state index is 13.9. The molecular formula is C35H31IO12S. The summed E-state index contributed by atoms with van der Waals surface area (Å²) in [5.41, 5.74) is 1.69. The van der Waals surface area contributed by atoms with Crippen LogP contribution in [-0.4, -0.2) is 67.5 Å². The number of hydrogen-bond acceptors (Lipinski definition) is 10. The van der Waals surface area contributed by atoms with E-state index in [2.05, 4.69) is 12.2 Å². The molecule has 1 saturated carbocycles. The van der Waals surface area contributed by atoms with Crippen LogP contribution in [0.4, 0.5) is 0 Å². The fraction of sp³-hybridized carbons (Fsp3) is 0.286. The normalized spacial score (nSPS) is 23.2. The molecule has 0 radical (unpaired) electrons. The molecule has 3 N–H and O–H groups in total. The number of hydrogen-bond donors (Lipinski definition) is 3. The van der Waals surface area contributed by atoms with Crippen molar-refractivity contribution in [2.75, 3.05) is 26.4 Å². The van der Waals surface area contributed by atoms with Crippen LogP contribution in [0.5, 0.6) is 17.2 Å². The molecule has 4 aliphatic rings. The Morgan fingerprint density at radius 1 is 0.735 bits per heavy atom. The van der Waals surface area contributed by atoms with E-state index in [0.717, 1.165) is 17.2 Å². The van der Waals surface area contributed by atoms with Crippen molar-refractivity contribution < 1.29 is 56.5 Å². The molecule has 12 nitrogen and oxygen atoms in total. The van der Waals surface area contributed by atoms with Crippen LogP contribution >= 0.6 is 22.6 Å². The van der Waals surface area contributed by atoms with Crippen molar-refractivity contribution in [1.82, 2.24) is 0 Å². The van der Waals surface area contributed by atoms with E-state index < -0.39 is 45.6 Å². The molecule has 49 heavy (non-hydrogen) atoms. The van der Waals surface area contributed by atoms with Gasteiger partial charge in [0.1, 0.15) is 54.1 Å². The Balaban J connectivity index is 1.16. The largest absolute Gasteiger partial charge is 0.507 e. The van der Waals surface area contributed by atoms with E-state index in [0.29, 0.717) is 5.75 Å². The van der Waals surface area contributed by atoms with E-state index in [-0.39, 0.29) is 69.9 Å². The first-order valence-corrected chi connectivity index (χ1v) is 17.8. The van der Waals surface area contributed by atoms with E-state index >= 15 is 0 Å². The number of carboxylic acid groups (broad SMARTS) is 1. The first kappa shape index (κ1) is 34.5. The molecule has 256 valence electrons. The summed E-state index contributed by atoms with van der Waals surface area (Å²) >= 11 is 1.77. The average molecular weight is 803 g/mol. The van der Waals surface area contributed by atoms with E-state index in [9.17, 15) is 32.5 Å². The molecule has 0 saturated heterocycles. The van der Waals surface area contributed by atoms with Crippen molar-refractivity contribution in [3.8, 4) is 17.2 Å². The smallest absolute Gasteiger partial charge is 0.339 e. The molecule has 0 aliphatic heterocycles. The van der Waals surface area contributed by atoms with Gasteiger partial charge in [-0.1, -0.05) is 48.6 Å². The molecule has 6 unspecified atom stereocenters. The summed E-state index contributed by atoms with van der Waals surface area (Å²) in [5, 5.41) is 19.1. The number of carboxylic acids is 1. The molecule has 14 heteroatoms. The highest BCUT2D eigenvalue weighted by Gasteiger charge is 2.60. The first-order chi connectivity index (χ1) is 23.5. The molecule has 0 spiro atoms. The number of benzene rings is 3. The third-order valence-electron chi connectivity index (χ3n) is 9.04. The predicted molar refractivity (Wildman–Crippen MR) is 181 cm³/mol. The van der Waals surface area contributed by atoms with E-state index in [1.807, 2.05) is 36.4 Å². The van der Waals surface area contributed by atoms with Crippen LogP contribution in [0.1, 0.15) is 33.3 Å². The molecule has 3 aromatic carbocycles. The number of phenols is 1. The Morgan fingerprint density at radius 3 is 1.71 bits per heavy atom. The topological polar surface area (TPSA) is 183 Å². The molecule has 0 aromatic heterocycles. The minimum absolute atomic E-state index is 0.0454. The lowest BCUT2D eigenvalue weighted by molar-refractivity contribution is -0.169. The van der Waals surface area contributed by atoms with Gasteiger partial charge in [-0.15, -0.1) is 0 Å². The van der Waals surface area contributed by atoms with Gasteiger partial charge in [-0.05, 0) is 75.9 Å². The van der Waals surface area contributed by atoms with Gasteiger partial charge in [0.25, 0.3) is 10.1 Å². The van der Waals surface area contributed by atoms with Crippen LogP contribution in [0.15, 0.2) is 89.9 Å². The number of carbonyl (C=O) groups is 3.